The van der Waals surface area contributed by atoms with E-state index in [4.69, 9.17) is 9.47 Å². The number of hydrogen-bond acceptors (Lipinski definition) is 5. The maximum Gasteiger partial charge on any atom is 0.115 e. The van der Waals surface area contributed by atoms with E-state index in [0.29, 0.717) is 25.0 Å². The second kappa shape index (κ2) is 9.53. The number of aliphatic hydroxyl groups is 1. The summed E-state index contributed by atoms with van der Waals surface area (Å²) < 4.78 is 11.5. The lowest BCUT2D eigenvalue weighted by Crippen LogP contribution is -2.40. The first-order valence-corrected chi connectivity index (χ1v) is 9.60. The van der Waals surface area contributed by atoms with Gasteiger partial charge >= 0.3 is 0 Å². The third-order valence-corrected chi connectivity index (χ3v) is 5.33. The first-order valence-electron chi connectivity index (χ1n) is 9.60. The summed E-state index contributed by atoms with van der Waals surface area (Å²) in [5.41, 5.74) is 1.12. The molecule has 25 heavy (non-hydrogen) atoms. The van der Waals surface area contributed by atoms with Crippen molar-refractivity contribution in [1.82, 2.24) is 4.90 Å². The lowest BCUT2D eigenvalue weighted by Gasteiger charge is -2.36. The molecule has 1 aliphatic carbocycles. The molecule has 0 amide bonds. The predicted octanol–water partition coefficient (Wildman–Crippen LogP) is 2.69. The van der Waals surface area contributed by atoms with Gasteiger partial charge in [0, 0.05) is 25.7 Å². The SMILES string of the molecule is Oc1cccc(CN(CCOCC2CCCO2)C2CCC(O)CC2)c1. The summed E-state index contributed by atoms with van der Waals surface area (Å²) in [6, 6.07) is 7.95. The third-order valence-electron chi connectivity index (χ3n) is 5.33. The van der Waals surface area contributed by atoms with E-state index in [1.165, 1.54) is 0 Å². The average molecular weight is 349 g/mol. The molecule has 0 aromatic heterocycles. The van der Waals surface area contributed by atoms with Crippen LogP contribution in [0.25, 0.3) is 0 Å². The monoisotopic (exact) mass is 349 g/mol. The van der Waals surface area contributed by atoms with Crippen molar-refractivity contribution in [3.63, 3.8) is 0 Å². The number of nitrogens with zero attached hydrogens (tertiary/aromatic N) is 1. The summed E-state index contributed by atoms with van der Waals surface area (Å²) in [6.07, 6.45) is 6.15. The molecule has 2 aliphatic rings. The highest BCUT2D eigenvalue weighted by Gasteiger charge is 2.25. The number of hydrogen-bond donors (Lipinski definition) is 2. The molecule has 2 N–H and O–H groups in total. The Kier molecular flexibility index (Phi) is 7.11. The van der Waals surface area contributed by atoms with E-state index in [9.17, 15) is 10.2 Å². The van der Waals surface area contributed by atoms with Gasteiger partial charge in [0.2, 0.25) is 0 Å². The first-order chi connectivity index (χ1) is 12.2. The van der Waals surface area contributed by atoms with Gasteiger partial charge in [-0.05, 0) is 56.2 Å². The molecule has 0 spiro atoms. The van der Waals surface area contributed by atoms with Crippen molar-refractivity contribution in [3.8, 4) is 5.75 Å². The van der Waals surface area contributed by atoms with E-state index in [0.717, 1.165) is 63.8 Å². The van der Waals surface area contributed by atoms with Crippen LogP contribution < -0.4 is 0 Å². The molecule has 1 heterocycles. The summed E-state index contributed by atoms with van der Waals surface area (Å²) in [7, 11) is 0. The first kappa shape index (κ1) is 18.6. The van der Waals surface area contributed by atoms with E-state index in [2.05, 4.69) is 11.0 Å². The Hall–Kier alpha value is -1.14. The summed E-state index contributed by atoms with van der Waals surface area (Å²) in [5.74, 6) is 0.311. The molecule has 1 unspecified atom stereocenters. The summed E-state index contributed by atoms with van der Waals surface area (Å²) in [4.78, 5) is 2.44. The van der Waals surface area contributed by atoms with Crippen molar-refractivity contribution in [2.45, 2.75) is 63.3 Å². The quantitative estimate of drug-likeness (QED) is 0.707. The zero-order valence-electron chi connectivity index (χ0n) is 15.0. The molecule has 3 rings (SSSR count). The fraction of sp³-hybridized carbons (Fsp3) is 0.700. The van der Waals surface area contributed by atoms with E-state index < -0.39 is 0 Å². The van der Waals surface area contributed by atoms with Crippen LogP contribution in [0.4, 0.5) is 0 Å². The Bertz CT molecular complexity index is 510. The van der Waals surface area contributed by atoms with Crippen LogP contribution in [0.3, 0.4) is 0 Å². The van der Waals surface area contributed by atoms with Gasteiger partial charge in [-0.15, -0.1) is 0 Å². The van der Waals surface area contributed by atoms with Gasteiger partial charge < -0.3 is 19.7 Å². The van der Waals surface area contributed by atoms with Gasteiger partial charge in [0.15, 0.2) is 0 Å². The van der Waals surface area contributed by atoms with Gasteiger partial charge in [0.1, 0.15) is 5.75 Å². The largest absolute Gasteiger partial charge is 0.508 e. The summed E-state index contributed by atoms with van der Waals surface area (Å²) in [5, 5.41) is 19.5. The van der Waals surface area contributed by atoms with Crippen LogP contribution in [0.2, 0.25) is 0 Å². The Labute approximate surface area is 150 Å². The zero-order valence-corrected chi connectivity index (χ0v) is 15.0. The van der Waals surface area contributed by atoms with Crippen LogP contribution in [0.5, 0.6) is 5.75 Å². The second-order valence-electron chi connectivity index (χ2n) is 7.31. The molecule has 1 aromatic carbocycles. The molecule has 0 radical (unpaired) electrons. The minimum absolute atomic E-state index is 0.144. The molecule has 1 aliphatic heterocycles. The van der Waals surface area contributed by atoms with Crippen LogP contribution in [-0.4, -0.2) is 59.7 Å². The van der Waals surface area contributed by atoms with Crippen molar-refractivity contribution >= 4 is 0 Å². The number of aliphatic hydroxyl groups excluding tert-OH is 1. The highest BCUT2D eigenvalue weighted by molar-refractivity contribution is 5.27. The van der Waals surface area contributed by atoms with Gasteiger partial charge in [-0.2, -0.15) is 0 Å². The van der Waals surface area contributed by atoms with Crippen LogP contribution in [0.1, 0.15) is 44.1 Å². The van der Waals surface area contributed by atoms with Gasteiger partial charge in [-0.3, -0.25) is 4.90 Å². The van der Waals surface area contributed by atoms with Crippen molar-refractivity contribution in [1.29, 1.82) is 0 Å². The van der Waals surface area contributed by atoms with E-state index in [1.54, 1.807) is 6.07 Å². The average Bonchev–Trinajstić information content (AvgIpc) is 3.12. The highest BCUT2D eigenvalue weighted by atomic mass is 16.5. The Morgan fingerprint density at radius 1 is 1.16 bits per heavy atom. The van der Waals surface area contributed by atoms with Crippen LogP contribution in [0.15, 0.2) is 24.3 Å². The van der Waals surface area contributed by atoms with Crippen molar-refractivity contribution in [3.05, 3.63) is 29.8 Å². The smallest absolute Gasteiger partial charge is 0.115 e. The maximum atomic E-state index is 9.78. The molecule has 1 saturated heterocycles. The molecule has 5 nitrogen and oxygen atoms in total. The minimum Gasteiger partial charge on any atom is -0.508 e. The molecule has 0 bridgehead atoms. The molecular formula is C20H31NO4. The van der Waals surface area contributed by atoms with Crippen molar-refractivity contribution < 1.29 is 19.7 Å². The lowest BCUT2D eigenvalue weighted by molar-refractivity contribution is 0.000267. The molecule has 1 aromatic rings. The van der Waals surface area contributed by atoms with Crippen molar-refractivity contribution in [2.24, 2.45) is 0 Å². The van der Waals surface area contributed by atoms with E-state index in [1.807, 2.05) is 12.1 Å². The third kappa shape index (κ3) is 5.96. The number of phenols is 1. The number of benzene rings is 1. The van der Waals surface area contributed by atoms with Crippen LogP contribution in [-0.2, 0) is 16.0 Å². The highest BCUT2D eigenvalue weighted by Crippen LogP contribution is 2.25. The lowest BCUT2D eigenvalue weighted by atomic mass is 9.91. The van der Waals surface area contributed by atoms with Gasteiger partial charge in [-0.25, -0.2) is 0 Å². The van der Waals surface area contributed by atoms with Crippen LogP contribution >= 0.6 is 0 Å². The normalized spacial score (nSPS) is 27.0. The number of ether oxygens (including phenoxy) is 2. The Morgan fingerprint density at radius 2 is 2.00 bits per heavy atom. The molecular weight excluding hydrogens is 318 g/mol. The number of rotatable bonds is 8. The van der Waals surface area contributed by atoms with Gasteiger partial charge in [-0.1, -0.05) is 12.1 Å². The molecule has 140 valence electrons. The molecule has 1 atom stereocenters. The fourth-order valence-corrected chi connectivity index (χ4v) is 3.88. The van der Waals surface area contributed by atoms with Gasteiger partial charge in [0.05, 0.1) is 25.4 Å². The summed E-state index contributed by atoms with van der Waals surface area (Å²) >= 11 is 0. The molecule has 1 saturated carbocycles. The van der Waals surface area contributed by atoms with Crippen molar-refractivity contribution in [2.75, 3.05) is 26.4 Å². The Balaban J connectivity index is 1.51. The number of phenolic OH excluding ortho intramolecular Hbond substituents is 1. The molecule has 5 heteroatoms. The molecule has 2 fully saturated rings. The van der Waals surface area contributed by atoms with Gasteiger partial charge in [0.25, 0.3) is 0 Å². The second-order valence-corrected chi connectivity index (χ2v) is 7.31. The fourth-order valence-electron chi connectivity index (χ4n) is 3.88. The predicted molar refractivity (Wildman–Crippen MR) is 96.6 cm³/mol. The standard InChI is InChI=1S/C20H31NO4/c22-18-8-6-17(7-9-18)21(14-16-3-1-4-19(23)13-16)10-12-24-15-20-5-2-11-25-20/h1,3-4,13,17-18,20,22-23H,2,5-12,14-15H2. The van der Waals surface area contributed by atoms with Crippen LogP contribution in [0, 0.1) is 0 Å². The number of aromatic hydroxyl groups is 1. The minimum atomic E-state index is -0.144. The topological polar surface area (TPSA) is 62.2 Å². The maximum absolute atomic E-state index is 9.78. The zero-order chi connectivity index (χ0) is 17.5. The van der Waals surface area contributed by atoms with E-state index >= 15 is 0 Å². The van der Waals surface area contributed by atoms with E-state index in [-0.39, 0.29) is 12.2 Å². The Morgan fingerprint density at radius 3 is 2.72 bits per heavy atom. The summed E-state index contributed by atoms with van der Waals surface area (Å²) in [6.45, 7) is 3.91.